The topological polar surface area (TPSA) is 21.6 Å². The molecule has 0 aliphatic carbocycles. The quantitative estimate of drug-likeness (QED) is 0.547. The minimum atomic E-state index is 0.482. The van der Waals surface area contributed by atoms with Gasteiger partial charge in [0.15, 0.2) is 5.90 Å². The summed E-state index contributed by atoms with van der Waals surface area (Å²) < 4.78 is 5.30. The average Bonchev–Trinajstić information content (AvgIpc) is 1.88. The Kier molecular flexibility index (Phi) is 2.72. The second-order valence-corrected chi connectivity index (χ2v) is 2.70. The van der Waals surface area contributed by atoms with Crippen LogP contribution >= 0.6 is 0 Å². The Labute approximate surface area is 62.3 Å². The Bertz CT molecular complexity index is 131. The molecule has 1 heterocycles. The van der Waals surface area contributed by atoms with E-state index in [0.717, 1.165) is 18.9 Å². The Morgan fingerprint density at radius 1 is 1.70 bits per heavy atom. The molecular formula is C8H15NO. The van der Waals surface area contributed by atoms with Crippen molar-refractivity contribution >= 4 is 5.90 Å². The van der Waals surface area contributed by atoms with Crippen LogP contribution in [-0.4, -0.2) is 18.5 Å². The van der Waals surface area contributed by atoms with E-state index in [-0.39, 0.29) is 0 Å². The van der Waals surface area contributed by atoms with Crippen molar-refractivity contribution in [3.63, 3.8) is 0 Å². The van der Waals surface area contributed by atoms with Crippen molar-refractivity contribution in [1.82, 2.24) is 0 Å². The van der Waals surface area contributed by atoms with E-state index in [1.165, 1.54) is 12.8 Å². The summed E-state index contributed by atoms with van der Waals surface area (Å²) in [5, 5.41) is 0. The maximum absolute atomic E-state index is 5.30. The maximum atomic E-state index is 5.30. The van der Waals surface area contributed by atoms with E-state index in [9.17, 15) is 0 Å². The summed E-state index contributed by atoms with van der Waals surface area (Å²) in [5.74, 6) is 0.959. The first-order valence-electron chi connectivity index (χ1n) is 4.02. The molecule has 10 heavy (non-hydrogen) atoms. The van der Waals surface area contributed by atoms with Gasteiger partial charge in [0.05, 0.1) is 12.6 Å². The third kappa shape index (κ3) is 2.01. The smallest absolute Gasteiger partial charge is 0.183 e. The summed E-state index contributed by atoms with van der Waals surface area (Å²) in [4.78, 5) is 4.37. The highest BCUT2D eigenvalue weighted by Crippen LogP contribution is 2.12. The van der Waals surface area contributed by atoms with Gasteiger partial charge in [0.2, 0.25) is 0 Å². The SMILES string of the molecule is CCOC1=NC(C)CCC1. The molecule has 2 heteroatoms. The van der Waals surface area contributed by atoms with Crippen LogP contribution in [0.5, 0.6) is 0 Å². The highest BCUT2D eigenvalue weighted by Gasteiger charge is 2.10. The average molecular weight is 141 g/mol. The molecule has 1 unspecified atom stereocenters. The van der Waals surface area contributed by atoms with Gasteiger partial charge in [-0.25, -0.2) is 0 Å². The first-order chi connectivity index (χ1) is 4.83. The molecular weight excluding hydrogens is 126 g/mol. The second-order valence-electron chi connectivity index (χ2n) is 2.70. The van der Waals surface area contributed by atoms with Gasteiger partial charge < -0.3 is 4.74 Å². The van der Waals surface area contributed by atoms with Gasteiger partial charge in [0.25, 0.3) is 0 Å². The lowest BCUT2D eigenvalue weighted by Crippen LogP contribution is -2.15. The molecule has 0 amide bonds. The first kappa shape index (κ1) is 7.58. The van der Waals surface area contributed by atoms with E-state index >= 15 is 0 Å². The van der Waals surface area contributed by atoms with Crippen LogP contribution < -0.4 is 0 Å². The Balaban J connectivity index is 2.41. The third-order valence-corrected chi connectivity index (χ3v) is 1.69. The normalized spacial score (nSPS) is 25.8. The fourth-order valence-electron chi connectivity index (χ4n) is 1.20. The summed E-state index contributed by atoms with van der Waals surface area (Å²) in [7, 11) is 0. The van der Waals surface area contributed by atoms with Gasteiger partial charge in [-0.05, 0) is 26.7 Å². The van der Waals surface area contributed by atoms with Gasteiger partial charge in [-0.2, -0.15) is 0 Å². The zero-order valence-electron chi connectivity index (χ0n) is 6.76. The van der Waals surface area contributed by atoms with Gasteiger partial charge in [0.1, 0.15) is 0 Å². The van der Waals surface area contributed by atoms with Crippen LogP contribution in [0.2, 0.25) is 0 Å². The van der Waals surface area contributed by atoms with Crippen molar-refractivity contribution in [3.8, 4) is 0 Å². The molecule has 58 valence electrons. The molecule has 0 bridgehead atoms. The fraction of sp³-hybridized carbons (Fsp3) is 0.875. The van der Waals surface area contributed by atoms with Gasteiger partial charge in [-0.15, -0.1) is 0 Å². The van der Waals surface area contributed by atoms with Crippen LogP contribution in [0.3, 0.4) is 0 Å². The van der Waals surface area contributed by atoms with E-state index in [1.807, 2.05) is 6.92 Å². The molecule has 0 aromatic rings. The van der Waals surface area contributed by atoms with Crippen LogP contribution in [0.25, 0.3) is 0 Å². The molecule has 0 N–H and O–H groups in total. The van der Waals surface area contributed by atoms with Crippen molar-refractivity contribution in [2.24, 2.45) is 4.99 Å². The number of aliphatic imine (C=N–C) groups is 1. The predicted octanol–water partition coefficient (Wildman–Crippen LogP) is 1.99. The molecule has 1 aliphatic heterocycles. The molecule has 0 spiro atoms. The summed E-state index contributed by atoms with van der Waals surface area (Å²) >= 11 is 0. The Morgan fingerprint density at radius 2 is 2.50 bits per heavy atom. The first-order valence-corrected chi connectivity index (χ1v) is 4.02. The van der Waals surface area contributed by atoms with E-state index < -0.39 is 0 Å². The molecule has 2 nitrogen and oxygen atoms in total. The second kappa shape index (κ2) is 3.59. The van der Waals surface area contributed by atoms with Gasteiger partial charge in [-0.1, -0.05) is 0 Å². The maximum Gasteiger partial charge on any atom is 0.183 e. The largest absolute Gasteiger partial charge is 0.481 e. The van der Waals surface area contributed by atoms with Crippen LogP contribution in [0.15, 0.2) is 4.99 Å². The fourth-order valence-corrected chi connectivity index (χ4v) is 1.20. The lowest BCUT2D eigenvalue weighted by atomic mass is 10.1. The summed E-state index contributed by atoms with van der Waals surface area (Å²) in [6.45, 7) is 4.89. The zero-order chi connectivity index (χ0) is 7.40. The predicted molar refractivity (Wildman–Crippen MR) is 42.4 cm³/mol. The van der Waals surface area contributed by atoms with Crippen molar-refractivity contribution in [2.75, 3.05) is 6.61 Å². The molecule has 1 aliphatic rings. The van der Waals surface area contributed by atoms with E-state index in [1.54, 1.807) is 0 Å². The summed E-state index contributed by atoms with van der Waals surface area (Å²) in [5.41, 5.74) is 0. The van der Waals surface area contributed by atoms with Gasteiger partial charge >= 0.3 is 0 Å². The number of hydrogen-bond donors (Lipinski definition) is 0. The van der Waals surface area contributed by atoms with Crippen molar-refractivity contribution < 1.29 is 4.74 Å². The molecule has 0 fully saturated rings. The van der Waals surface area contributed by atoms with Gasteiger partial charge in [-0.3, -0.25) is 4.99 Å². The highest BCUT2D eigenvalue weighted by atomic mass is 16.5. The standard InChI is InChI=1S/C8H15NO/c1-3-10-8-6-4-5-7(2)9-8/h7H,3-6H2,1-2H3. The molecule has 0 aromatic heterocycles. The van der Waals surface area contributed by atoms with Crippen LogP contribution in [0.1, 0.15) is 33.1 Å². The molecule has 1 atom stereocenters. The lowest BCUT2D eigenvalue weighted by molar-refractivity contribution is 0.305. The third-order valence-electron chi connectivity index (χ3n) is 1.69. The molecule has 0 saturated heterocycles. The minimum Gasteiger partial charge on any atom is -0.481 e. The molecule has 0 aromatic carbocycles. The van der Waals surface area contributed by atoms with E-state index in [2.05, 4.69) is 11.9 Å². The molecule has 1 rings (SSSR count). The zero-order valence-corrected chi connectivity index (χ0v) is 6.76. The monoisotopic (exact) mass is 141 g/mol. The van der Waals surface area contributed by atoms with Crippen molar-refractivity contribution in [2.45, 2.75) is 39.2 Å². The minimum absolute atomic E-state index is 0.482. The summed E-state index contributed by atoms with van der Waals surface area (Å²) in [6, 6.07) is 0.482. The summed E-state index contributed by atoms with van der Waals surface area (Å²) in [6.07, 6.45) is 3.49. The van der Waals surface area contributed by atoms with E-state index in [4.69, 9.17) is 4.74 Å². The molecule has 0 saturated carbocycles. The lowest BCUT2D eigenvalue weighted by Gasteiger charge is -2.16. The van der Waals surface area contributed by atoms with Crippen molar-refractivity contribution in [1.29, 1.82) is 0 Å². The van der Waals surface area contributed by atoms with Crippen LogP contribution in [0.4, 0.5) is 0 Å². The highest BCUT2D eigenvalue weighted by molar-refractivity contribution is 5.76. The van der Waals surface area contributed by atoms with E-state index in [0.29, 0.717) is 6.04 Å². The van der Waals surface area contributed by atoms with Crippen LogP contribution in [-0.2, 0) is 4.74 Å². The number of nitrogens with zero attached hydrogens (tertiary/aromatic N) is 1. The Morgan fingerprint density at radius 3 is 3.10 bits per heavy atom. The van der Waals surface area contributed by atoms with Crippen LogP contribution in [0, 0.1) is 0 Å². The Hall–Kier alpha value is -0.530. The number of hydrogen-bond acceptors (Lipinski definition) is 2. The number of rotatable bonds is 1. The number of ether oxygens (including phenoxy) is 1. The van der Waals surface area contributed by atoms with Gasteiger partial charge in [0, 0.05) is 6.42 Å². The van der Waals surface area contributed by atoms with Crippen molar-refractivity contribution in [3.05, 3.63) is 0 Å². The molecule has 0 radical (unpaired) electrons.